The Balaban J connectivity index is 1.84. The number of hydrogen-bond acceptors (Lipinski definition) is 4. The predicted molar refractivity (Wildman–Crippen MR) is 80.8 cm³/mol. The monoisotopic (exact) mass is 296 g/mol. The molecule has 3 atom stereocenters. The summed E-state index contributed by atoms with van der Waals surface area (Å²) in [6, 6.07) is 0. The van der Waals surface area contributed by atoms with Gasteiger partial charge in [-0.15, -0.1) is 0 Å². The number of allylic oxidation sites excluding steroid dienone is 1. The van der Waals surface area contributed by atoms with Crippen molar-refractivity contribution in [2.45, 2.75) is 77.8 Å². The zero-order chi connectivity index (χ0) is 15.5. The first-order valence-electron chi connectivity index (χ1n) is 8.14. The lowest BCUT2D eigenvalue weighted by atomic mass is 9.98. The Kier molecular flexibility index (Phi) is 5.44. The molecule has 2 aliphatic rings. The van der Waals surface area contributed by atoms with E-state index in [1.807, 2.05) is 20.8 Å². The second kappa shape index (κ2) is 6.93. The fourth-order valence-corrected chi connectivity index (χ4v) is 3.34. The topological polar surface area (TPSA) is 44.8 Å². The zero-order valence-corrected chi connectivity index (χ0v) is 13.7. The Morgan fingerprint density at radius 3 is 2.81 bits per heavy atom. The molecule has 0 N–H and O–H groups in total. The van der Waals surface area contributed by atoms with Gasteiger partial charge in [-0.25, -0.2) is 0 Å². The second-order valence-electron chi connectivity index (χ2n) is 6.45. The maximum absolute atomic E-state index is 11.9. The van der Waals surface area contributed by atoms with Gasteiger partial charge in [-0.2, -0.15) is 0 Å². The van der Waals surface area contributed by atoms with Crippen LogP contribution in [0.5, 0.6) is 0 Å². The molecule has 4 heteroatoms. The van der Waals surface area contributed by atoms with E-state index >= 15 is 0 Å². The van der Waals surface area contributed by atoms with E-state index in [2.05, 4.69) is 13.0 Å². The Bertz CT molecular complexity index is 400. The molecule has 4 nitrogen and oxygen atoms in total. The summed E-state index contributed by atoms with van der Waals surface area (Å²) in [6.07, 6.45) is 6.63. The van der Waals surface area contributed by atoms with Gasteiger partial charge in [0.1, 0.15) is 6.10 Å². The third kappa shape index (κ3) is 4.07. The quantitative estimate of drug-likeness (QED) is 0.427. The van der Waals surface area contributed by atoms with E-state index in [9.17, 15) is 4.79 Å². The van der Waals surface area contributed by atoms with E-state index in [0.29, 0.717) is 13.0 Å². The van der Waals surface area contributed by atoms with E-state index in [-0.39, 0.29) is 24.1 Å². The Hall–Kier alpha value is -0.870. The first kappa shape index (κ1) is 16.5. The number of carbonyl (C=O) groups excluding carboxylic acids is 1. The second-order valence-corrected chi connectivity index (χ2v) is 6.45. The third-order valence-electron chi connectivity index (χ3n) is 4.26. The average Bonchev–Trinajstić information content (AvgIpc) is 2.85. The normalized spacial score (nSPS) is 32.4. The summed E-state index contributed by atoms with van der Waals surface area (Å²) in [5.74, 6) is -0.427. The van der Waals surface area contributed by atoms with Gasteiger partial charge in [-0.1, -0.05) is 25.8 Å². The van der Waals surface area contributed by atoms with Crippen molar-refractivity contribution in [2.24, 2.45) is 5.92 Å². The molecule has 0 unspecified atom stereocenters. The Morgan fingerprint density at radius 1 is 1.38 bits per heavy atom. The highest BCUT2D eigenvalue weighted by Gasteiger charge is 2.50. The van der Waals surface area contributed by atoms with Crippen LogP contribution >= 0.6 is 0 Å². The molecule has 0 spiro atoms. The molecular formula is C17H28O4. The highest BCUT2D eigenvalue weighted by Crippen LogP contribution is 2.45. The van der Waals surface area contributed by atoms with Crippen LogP contribution in [-0.4, -0.2) is 30.6 Å². The summed E-state index contributed by atoms with van der Waals surface area (Å²) < 4.78 is 17.2. The molecule has 0 aromatic rings. The maximum atomic E-state index is 11.9. The molecule has 1 saturated carbocycles. The van der Waals surface area contributed by atoms with Gasteiger partial charge in [0.15, 0.2) is 5.79 Å². The van der Waals surface area contributed by atoms with Crippen molar-refractivity contribution in [2.75, 3.05) is 6.61 Å². The molecule has 0 bridgehead atoms. The summed E-state index contributed by atoms with van der Waals surface area (Å²) >= 11 is 0. The summed E-state index contributed by atoms with van der Waals surface area (Å²) in [7, 11) is 0. The number of fused-ring (bicyclic) bond motifs is 1. The SMILES string of the molecule is C/C=C1\[C@H](CC(=O)OCCCCC)C[C@H]2OC(C)(C)O[C@@H]12. The van der Waals surface area contributed by atoms with Gasteiger partial charge < -0.3 is 14.2 Å². The lowest BCUT2D eigenvalue weighted by molar-refractivity contribution is -0.151. The first-order chi connectivity index (χ1) is 9.96. The minimum absolute atomic E-state index is 0.00268. The largest absolute Gasteiger partial charge is 0.466 e. The first-order valence-corrected chi connectivity index (χ1v) is 8.14. The van der Waals surface area contributed by atoms with Crippen LogP contribution in [0.15, 0.2) is 11.6 Å². The van der Waals surface area contributed by atoms with Gasteiger partial charge in [-0.3, -0.25) is 4.79 Å². The fraction of sp³-hybridized carbons (Fsp3) is 0.824. The summed E-state index contributed by atoms with van der Waals surface area (Å²) in [4.78, 5) is 11.9. The van der Waals surface area contributed by atoms with E-state index in [1.54, 1.807) is 0 Å². The van der Waals surface area contributed by atoms with Gasteiger partial charge in [0.25, 0.3) is 0 Å². The number of carbonyl (C=O) groups is 1. The van der Waals surface area contributed by atoms with Crippen molar-refractivity contribution in [3.8, 4) is 0 Å². The average molecular weight is 296 g/mol. The van der Waals surface area contributed by atoms with E-state index in [0.717, 1.165) is 25.7 Å². The molecule has 2 rings (SSSR count). The minimum atomic E-state index is -0.519. The maximum Gasteiger partial charge on any atom is 0.306 e. The Morgan fingerprint density at radius 2 is 2.14 bits per heavy atom. The predicted octanol–water partition coefficient (Wildman–Crippen LogP) is 3.60. The highest BCUT2D eigenvalue weighted by atomic mass is 16.8. The smallest absolute Gasteiger partial charge is 0.306 e. The Labute approximate surface area is 127 Å². The van der Waals surface area contributed by atoms with Crippen LogP contribution in [0.1, 0.15) is 59.8 Å². The molecule has 21 heavy (non-hydrogen) atoms. The molecule has 1 saturated heterocycles. The fourth-order valence-electron chi connectivity index (χ4n) is 3.34. The van der Waals surface area contributed by atoms with Crippen molar-refractivity contribution >= 4 is 5.97 Å². The van der Waals surface area contributed by atoms with Gasteiger partial charge in [-0.05, 0) is 45.1 Å². The van der Waals surface area contributed by atoms with Crippen LogP contribution in [-0.2, 0) is 19.0 Å². The molecule has 1 heterocycles. The number of unbranched alkanes of at least 4 members (excludes halogenated alkanes) is 2. The summed E-state index contributed by atoms with van der Waals surface area (Å²) in [5, 5.41) is 0. The standard InChI is InChI=1S/C17H28O4/c1-5-7-8-9-19-15(18)11-12-10-14-16(13(12)6-2)21-17(3,4)20-14/h6,12,14,16H,5,7-11H2,1-4H3/b13-6+/t12-,14+,16-/m0/s1. The van der Waals surface area contributed by atoms with Crippen molar-refractivity contribution < 1.29 is 19.0 Å². The van der Waals surface area contributed by atoms with E-state index in [1.165, 1.54) is 5.57 Å². The van der Waals surface area contributed by atoms with Gasteiger partial charge in [0.2, 0.25) is 0 Å². The lowest BCUT2D eigenvalue weighted by Crippen LogP contribution is -2.24. The molecule has 1 aliphatic carbocycles. The van der Waals surface area contributed by atoms with Crippen molar-refractivity contribution in [1.82, 2.24) is 0 Å². The molecule has 0 aromatic carbocycles. The molecule has 0 aromatic heterocycles. The van der Waals surface area contributed by atoms with Crippen LogP contribution in [0.3, 0.4) is 0 Å². The number of esters is 1. The van der Waals surface area contributed by atoms with Crippen LogP contribution in [0.25, 0.3) is 0 Å². The molecule has 0 radical (unpaired) electrons. The van der Waals surface area contributed by atoms with E-state index in [4.69, 9.17) is 14.2 Å². The van der Waals surface area contributed by atoms with Crippen molar-refractivity contribution in [3.63, 3.8) is 0 Å². The number of rotatable bonds is 6. The minimum Gasteiger partial charge on any atom is -0.466 e. The molecule has 120 valence electrons. The number of hydrogen-bond donors (Lipinski definition) is 0. The number of ether oxygens (including phenoxy) is 3. The summed E-state index contributed by atoms with van der Waals surface area (Å²) in [5.41, 5.74) is 1.19. The third-order valence-corrected chi connectivity index (χ3v) is 4.26. The van der Waals surface area contributed by atoms with Crippen molar-refractivity contribution in [1.29, 1.82) is 0 Å². The zero-order valence-electron chi connectivity index (χ0n) is 13.7. The van der Waals surface area contributed by atoms with Gasteiger partial charge in [0, 0.05) is 0 Å². The molecule has 2 fully saturated rings. The van der Waals surface area contributed by atoms with Crippen LogP contribution < -0.4 is 0 Å². The lowest BCUT2D eigenvalue weighted by Gasteiger charge is -2.21. The molecular weight excluding hydrogens is 268 g/mol. The van der Waals surface area contributed by atoms with Crippen LogP contribution in [0.4, 0.5) is 0 Å². The molecule has 1 aliphatic heterocycles. The van der Waals surface area contributed by atoms with Crippen LogP contribution in [0, 0.1) is 5.92 Å². The summed E-state index contributed by atoms with van der Waals surface area (Å²) in [6.45, 7) is 8.56. The molecule has 0 amide bonds. The highest BCUT2D eigenvalue weighted by molar-refractivity contribution is 5.70. The van der Waals surface area contributed by atoms with Crippen molar-refractivity contribution in [3.05, 3.63) is 11.6 Å². The van der Waals surface area contributed by atoms with Gasteiger partial charge in [0.05, 0.1) is 19.1 Å². The van der Waals surface area contributed by atoms with E-state index < -0.39 is 5.79 Å². The van der Waals surface area contributed by atoms with Gasteiger partial charge >= 0.3 is 5.97 Å². The van der Waals surface area contributed by atoms with Crippen LogP contribution in [0.2, 0.25) is 0 Å².